The summed E-state index contributed by atoms with van der Waals surface area (Å²) in [5, 5.41) is 9.08. The molecule has 0 fully saturated rings. The minimum absolute atomic E-state index is 0.0265. The van der Waals surface area contributed by atoms with Crippen molar-refractivity contribution in [3.63, 3.8) is 0 Å². The van der Waals surface area contributed by atoms with Crippen LogP contribution in [0.1, 0.15) is 102 Å². The zero-order valence-corrected chi connectivity index (χ0v) is 37.6. The predicted molar refractivity (Wildman–Crippen MR) is 223 cm³/mol. The first-order chi connectivity index (χ1) is 30.1. The standard InChI is InChI=1S/C41H48F8N2O11S3/c1-40(18-8-4-7-17-27(52)53)25(50(20-10-13-23-64(57,58)59)38-28(40)30(42)32(44)34(46)36(38)48)15-5-3-6-16-26-41(2,19-9-12-22-63(54,55)56)29-31(43)33(45)35(47)37(49)39(29)51(26)21-11-14-24-65(60,61)62/h3,5-6,15-16H,4,7-14,17-24H2,1-2H3,(H3-,52,53,54,55,56,57,58,59,60,61,62)/p+1. The highest BCUT2D eigenvalue weighted by Gasteiger charge is 2.53. The number of halogens is 8. The van der Waals surface area contributed by atoms with E-state index in [0.29, 0.717) is 0 Å². The Morgan fingerprint density at radius 1 is 0.585 bits per heavy atom. The largest absolute Gasteiger partial charge is 0.481 e. The number of aliphatic carboxylic acids is 1. The highest BCUT2D eigenvalue weighted by Crippen LogP contribution is 2.54. The van der Waals surface area contributed by atoms with Crippen molar-refractivity contribution in [1.82, 2.24) is 0 Å². The summed E-state index contributed by atoms with van der Waals surface area (Å²) in [6.45, 7) is 2.09. The van der Waals surface area contributed by atoms with Crippen molar-refractivity contribution in [2.75, 3.05) is 35.2 Å². The van der Waals surface area contributed by atoms with E-state index in [0.717, 1.165) is 9.48 Å². The third-order valence-corrected chi connectivity index (χ3v) is 13.9. The molecule has 2 aliphatic heterocycles. The fraction of sp³-hybridized carbons (Fsp3) is 0.512. The lowest BCUT2D eigenvalue weighted by molar-refractivity contribution is -0.440. The lowest BCUT2D eigenvalue weighted by atomic mass is 9.74. The number of allylic oxidation sites excluding steroid dienone is 6. The number of carboxylic acid groups (broad SMARTS) is 1. The number of rotatable bonds is 24. The van der Waals surface area contributed by atoms with Gasteiger partial charge in [0.15, 0.2) is 40.6 Å². The topological polar surface area (TPSA) is 207 Å². The average Bonchev–Trinajstić information content (AvgIpc) is 3.59. The SMILES string of the molecule is CC1(CCCCCC(=O)O)C(/C=C/C=C/C=C2/N(CCCCS(=O)(=O)O)c3c(F)c(F)c(F)c(F)c3C2(C)CCCCS(=O)(=O)O)=[N+](CCCCS(=O)(=O)O)c2c(F)c(F)c(F)c(F)c21. The van der Waals surface area contributed by atoms with E-state index < -0.39 is 133 Å². The quantitative estimate of drug-likeness (QED) is 0.0149. The summed E-state index contributed by atoms with van der Waals surface area (Å²) in [5.41, 5.74) is -6.03. The second-order valence-electron chi connectivity index (χ2n) is 16.3. The Morgan fingerprint density at radius 3 is 1.65 bits per heavy atom. The van der Waals surface area contributed by atoms with Crippen LogP contribution in [0.4, 0.5) is 46.5 Å². The summed E-state index contributed by atoms with van der Waals surface area (Å²) in [4.78, 5) is 12.2. The summed E-state index contributed by atoms with van der Waals surface area (Å²) in [7, 11) is -13.4. The number of carbonyl (C=O) groups is 1. The molecule has 0 saturated heterocycles. The summed E-state index contributed by atoms with van der Waals surface area (Å²) in [6.07, 6.45) is 5.59. The van der Waals surface area contributed by atoms with E-state index in [1.54, 1.807) is 0 Å². The predicted octanol–water partition coefficient (Wildman–Crippen LogP) is 8.36. The summed E-state index contributed by atoms with van der Waals surface area (Å²) < 4.78 is 220. The van der Waals surface area contributed by atoms with Gasteiger partial charge in [0.05, 0.1) is 33.9 Å². The maximum atomic E-state index is 15.8. The van der Waals surface area contributed by atoms with Crippen molar-refractivity contribution in [3.05, 3.63) is 93.7 Å². The Labute approximate surface area is 371 Å². The lowest BCUT2D eigenvalue weighted by Crippen LogP contribution is -2.32. The van der Waals surface area contributed by atoms with Crippen LogP contribution in [-0.2, 0) is 46.0 Å². The van der Waals surface area contributed by atoms with E-state index in [1.807, 2.05) is 0 Å². The molecule has 0 bridgehead atoms. The van der Waals surface area contributed by atoms with Crippen molar-refractivity contribution in [2.45, 2.75) is 102 Å². The molecule has 0 aromatic heterocycles. The van der Waals surface area contributed by atoms with Crippen molar-refractivity contribution in [3.8, 4) is 0 Å². The molecule has 13 nitrogen and oxygen atoms in total. The van der Waals surface area contributed by atoms with E-state index >= 15 is 17.6 Å². The monoisotopic (exact) mass is 993 g/mol. The molecule has 0 spiro atoms. The van der Waals surface area contributed by atoms with Gasteiger partial charge in [-0.3, -0.25) is 18.5 Å². The van der Waals surface area contributed by atoms with Crippen molar-refractivity contribution < 1.29 is 88.5 Å². The van der Waals surface area contributed by atoms with Crippen LogP contribution in [-0.4, -0.2) is 90.6 Å². The van der Waals surface area contributed by atoms with Crippen LogP contribution in [0.2, 0.25) is 0 Å². The van der Waals surface area contributed by atoms with E-state index in [1.165, 1.54) is 44.2 Å². The van der Waals surface area contributed by atoms with Crippen LogP contribution >= 0.6 is 0 Å². The number of anilines is 1. The maximum Gasteiger partial charge on any atom is 0.303 e. The fourth-order valence-electron chi connectivity index (χ4n) is 8.53. The number of carboxylic acids is 1. The molecule has 4 rings (SSSR count). The minimum atomic E-state index is -4.47. The molecule has 2 aromatic rings. The van der Waals surface area contributed by atoms with Gasteiger partial charge in [0, 0.05) is 42.1 Å². The van der Waals surface area contributed by atoms with Crippen LogP contribution in [0, 0.1) is 46.5 Å². The first kappa shape index (κ1) is 53.4. The average molecular weight is 994 g/mol. The van der Waals surface area contributed by atoms with E-state index in [-0.39, 0.29) is 102 Å². The van der Waals surface area contributed by atoms with Crippen molar-refractivity contribution >= 4 is 53.4 Å². The van der Waals surface area contributed by atoms with E-state index in [2.05, 4.69) is 0 Å². The van der Waals surface area contributed by atoms with Gasteiger partial charge in [0.2, 0.25) is 11.6 Å². The molecule has 2 heterocycles. The Balaban J connectivity index is 1.88. The second-order valence-corrected chi connectivity index (χ2v) is 21.0. The van der Waals surface area contributed by atoms with Crippen molar-refractivity contribution in [1.29, 1.82) is 0 Å². The molecule has 65 heavy (non-hydrogen) atoms. The third kappa shape index (κ3) is 12.6. The molecule has 0 aliphatic carbocycles. The van der Waals surface area contributed by atoms with Gasteiger partial charge in [-0.05, 0) is 64.9 Å². The van der Waals surface area contributed by atoms with Crippen LogP contribution < -0.4 is 4.90 Å². The molecular weight excluding hydrogens is 945 g/mol. The van der Waals surface area contributed by atoms with Gasteiger partial charge in [-0.15, -0.1) is 0 Å². The number of fused-ring (bicyclic) bond motifs is 2. The Bertz CT molecular complexity index is 2640. The Kier molecular flexibility index (Phi) is 17.4. The highest BCUT2D eigenvalue weighted by molar-refractivity contribution is 7.86. The first-order valence-electron chi connectivity index (χ1n) is 20.4. The fourth-order valence-corrected chi connectivity index (χ4v) is 10.2. The summed E-state index contributed by atoms with van der Waals surface area (Å²) >= 11 is 0. The highest BCUT2D eigenvalue weighted by atomic mass is 32.2. The van der Waals surface area contributed by atoms with Crippen LogP contribution in [0.3, 0.4) is 0 Å². The Morgan fingerprint density at radius 2 is 1.08 bits per heavy atom. The van der Waals surface area contributed by atoms with Gasteiger partial charge in [-0.1, -0.05) is 37.5 Å². The molecule has 4 N–H and O–H groups in total. The van der Waals surface area contributed by atoms with Gasteiger partial charge < -0.3 is 10.0 Å². The summed E-state index contributed by atoms with van der Waals surface area (Å²) in [5.74, 6) is -18.9. The molecular formula is C41H49F8N2O11S3+. The van der Waals surface area contributed by atoms with Gasteiger partial charge in [-0.25, -0.2) is 30.7 Å². The van der Waals surface area contributed by atoms with Gasteiger partial charge >= 0.3 is 5.97 Å². The van der Waals surface area contributed by atoms with E-state index in [4.69, 9.17) is 5.11 Å². The smallest absolute Gasteiger partial charge is 0.303 e. The molecule has 2 aliphatic rings. The Hall–Kier alpha value is -4.23. The molecule has 24 heteroatoms. The number of unbranched alkanes of at least 4 members (excludes halogenated alkanes) is 5. The third-order valence-electron chi connectivity index (χ3n) is 11.5. The second kappa shape index (κ2) is 21.2. The zero-order chi connectivity index (χ0) is 48.9. The molecule has 2 atom stereocenters. The van der Waals surface area contributed by atoms with E-state index in [9.17, 15) is 61.3 Å². The van der Waals surface area contributed by atoms with Crippen LogP contribution in [0.5, 0.6) is 0 Å². The number of nitrogens with zero attached hydrogens (tertiary/aromatic N) is 2. The van der Waals surface area contributed by atoms with Crippen LogP contribution in [0.15, 0.2) is 36.1 Å². The number of hydrogen-bond acceptors (Lipinski definition) is 8. The summed E-state index contributed by atoms with van der Waals surface area (Å²) in [6, 6.07) is 0. The van der Waals surface area contributed by atoms with Crippen molar-refractivity contribution in [2.24, 2.45) is 0 Å². The molecule has 0 radical (unpaired) electrons. The van der Waals surface area contributed by atoms with Gasteiger partial charge in [0.25, 0.3) is 36.0 Å². The molecule has 0 amide bonds. The normalized spacial score (nSPS) is 19.7. The first-order valence-corrected chi connectivity index (χ1v) is 25.2. The van der Waals surface area contributed by atoms with Gasteiger partial charge in [0.1, 0.15) is 6.54 Å². The zero-order valence-electron chi connectivity index (χ0n) is 35.2. The van der Waals surface area contributed by atoms with Gasteiger partial charge in [-0.2, -0.15) is 34.2 Å². The minimum Gasteiger partial charge on any atom is -0.481 e. The number of benzene rings is 2. The molecule has 0 saturated carbocycles. The maximum absolute atomic E-state index is 15.8. The molecule has 362 valence electrons. The molecule has 2 aromatic carbocycles. The lowest BCUT2D eigenvalue weighted by Gasteiger charge is -2.30. The molecule has 2 unspecified atom stereocenters. The number of hydrogen-bond donors (Lipinski definition) is 4. The van der Waals surface area contributed by atoms with Crippen LogP contribution in [0.25, 0.3) is 0 Å².